The van der Waals surface area contributed by atoms with Crippen molar-refractivity contribution in [1.29, 1.82) is 0 Å². The fourth-order valence-corrected chi connectivity index (χ4v) is 4.50. The van der Waals surface area contributed by atoms with Crippen molar-refractivity contribution in [2.45, 2.75) is 25.7 Å². The zero-order chi connectivity index (χ0) is 10.3. The number of aliphatic hydroxyl groups is 1. The second-order valence-corrected chi connectivity index (χ2v) is 5.84. The number of Topliss-reactive ketones (excluding diaryl/α,β-unsaturated/α-hetero) is 1. The summed E-state index contributed by atoms with van der Waals surface area (Å²) in [5, 5.41) is 9.64. The van der Waals surface area contributed by atoms with Crippen molar-refractivity contribution in [2.75, 3.05) is 0 Å². The Labute approximate surface area is 110 Å². The molecule has 2 aliphatic carbocycles. The fourth-order valence-electron chi connectivity index (χ4n) is 2.03. The summed E-state index contributed by atoms with van der Waals surface area (Å²) in [6.07, 6.45) is 3.40. The van der Waals surface area contributed by atoms with Crippen molar-refractivity contribution < 1.29 is 9.90 Å². The van der Waals surface area contributed by atoms with Gasteiger partial charge in [0.05, 0.1) is 7.16 Å². The first kappa shape index (κ1) is 10.9. The molecule has 0 aromatic rings. The number of hydrogen-bond donors (Lipinski definition) is 1. The molecule has 0 amide bonds. The lowest BCUT2D eigenvalue weighted by molar-refractivity contribution is -0.115. The van der Waals surface area contributed by atoms with Crippen molar-refractivity contribution in [3.05, 3.63) is 18.5 Å². The van der Waals surface area contributed by atoms with Crippen molar-refractivity contribution in [3.8, 4) is 0 Å². The third-order valence-electron chi connectivity index (χ3n) is 2.83. The van der Waals surface area contributed by atoms with E-state index >= 15 is 0 Å². The van der Waals surface area contributed by atoms with Crippen LogP contribution in [0.2, 0.25) is 0 Å². The Bertz CT molecular complexity index is 355. The monoisotopic (exact) mass is 416 g/mol. The van der Waals surface area contributed by atoms with Crippen LogP contribution >= 0.6 is 45.2 Å². The highest BCUT2D eigenvalue weighted by Crippen LogP contribution is 2.45. The van der Waals surface area contributed by atoms with Gasteiger partial charge in [-0.05, 0) is 69.5 Å². The molecule has 0 saturated heterocycles. The van der Waals surface area contributed by atoms with Crippen LogP contribution in [0.5, 0.6) is 0 Å². The van der Waals surface area contributed by atoms with E-state index in [2.05, 4.69) is 45.2 Å². The molecule has 0 fully saturated rings. The molecule has 14 heavy (non-hydrogen) atoms. The lowest BCUT2D eigenvalue weighted by Gasteiger charge is -2.29. The number of rotatable bonds is 0. The highest BCUT2D eigenvalue weighted by atomic mass is 127. The van der Waals surface area contributed by atoms with Crippen LogP contribution in [0.15, 0.2) is 18.5 Å². The number of halogens is 2. The van der Waals surface area contributed by atoms with Gasteiger partial charge in [0.25, 0.3) is 0 Å². The quantitative estimate of drug-likeness (QED) is 0.613. The normalized spacial score (nSPS) is 28.1. The smallest absolute Gasteiger partial charge is 0.169 e. The topological polar surface area (TPSA) is 37.3 Å². The molecule has 1 atom stereocenters. The Balaban J connectivity index is 2.52. The molecule has 0 aromatic carbocycles. The molecule has 2 nitrogen and oxygen atoms in total. The van der Waals surface area contributed by atoms with Gasteiger partial charge in [0, 0.05) is 12.8 Å². The number of allylic oxidation sites excluding steroid dienone is 4. The van der Waals surface area contributed by atoms with Gasteiger partial charge >= 0.3 is 0 Å². The molecule has 0 radical (unpaired) electrons. The van der Waals surface area contributed by atoms with E-state index in [9.17, 15) is 9.90 Å². The van der Waals surface area contributed by atoms with Crippen molar-refractivity contribution in [3.63, 3.8) is 0 Å². The first-order valence-electron chi connectivity index (χ1n) is 4.62. The second-order valence-electron chi connectivity index (χ2n) is 3.69. The molecular formula is C10H10I2O2. The Morgan fingerprint density at radius 2 is 1.79 bits per heavy atom. The van der Waals surface area contributed by atoms with Crippen molar-refractivity contribution in [1.82, 2.24) is 0 Å². The Kier molecular flexibility index (Phi) is 3.21. The summed E-state index contributed by atoms with van der Waals surface area (Å²) in [7, 11) is 0. The molecule has 2 rings (SSSR count). The van der Waals surface area contributed by atoms with E-state index in [0.717, 1.165) is 32.0 Å². The van der Waals surface area contributed by atoms with Crippen LogP contribution in [0.3, 0.4) is 0 Å². The van der Waals surface area contributed by atoms with Crippen molar-refractivity contribution in [2.24, 2.45) is 5.92 Å². The second kappa shape index (κ2) is 4.11. The summed E-state index contributed by atoms with van der Waals surface area (Å²) < 4.78 is 1.76. The van der Waals surface area contributed by atoms with Gasteiger partial charge in [-0.1, -0.05) is 0 Å². The number of carbonyl (C=O) groups excluding carboxylic acids is 1. The van der Waals surface area contributed by atoms with Gasteiger partial charge < -0.3 is 5.11 Å². The minimum absolute atomic E-state index is 0.237. The maximum Gasteiger partial charge on any atom is 0.169 e. The maximum atomic E-state index is 11.5. The standard InChI is InChI=1S/C10H10I2O2/c11-9-6(13)3-1-5-2-4-7(14)10(12)8(5)9/h5,13H,1-4H2. The van der Waals surface area contributed by atoms with E-state index in [0.29, 0.717) is 18.1 Å². The van der Waals surface area contributed by atoms with Crippen LogP contribution in [-0.4, -0.2) is 10.9 Å². The molecular weight excluding hydrogens is 406 g/mol. The van der Waals surface area contributed by atoms with Crippen molar-refractivity contribution >= 4 is 51.0 Å². The number of hydrogen-bond acceptors (Lipinski definition) is 2. The molecule has 0 heterocycles. The molecule has 0 bridgehead atoms. The van der Waals surface area contributed by atoms with Crippen LogP contribution in [0.1, 0.15) is 25.7 Å². The van der Waals surface area contributed by atoms with Gasteiger partial charge in [-0.15, -0.1) is 0 Å². The zero-order valence-electron chi connectivity index (χ0n) is 7.52. The van der Waals surface area contributed by atoms with Gasteiger partial charge in [-0.3, -0.25) is 4.79 Å². The Morgan fingerprint density at radius 1 is 1.14 bits per heavy atom. The predicted octanol–water partition coefficient (Wildman–Crippen LogP) is 3.65. The van der Waals surface area contributed by atoms with E-state index in [1.165, 1.54) is 0 Å². The SMILES string of the molecule is O=C1CCC2CCC(O)=C(I)C2=C1I. The fraction of sp³-hybridized carbons (Fsp3) is 0.500. The molecule has 0 aromatic heterocycles. The predicted molar refractivity (Wildman–Crippen MR) is 71.7 cm³/mol. The Morgan fingerprint density at radius 3 is 2.50 bits per heavy atom. The van der Waals surface area contributed by atoms with Gasteiger partial charge in [0.1, 0.15) is 5.76 Å². The zero-order valence-corrected chi connectivity index (χ0v) is 11.8. The van der Waals surface area contributed by atoms with Crippen LogP contribution in [-0.2, 0) is 4.79 Å². The van der Waals surface area contributed by atoms with E-state index in [4.69, 9.17) is 0 Å². The third kappa shape index (κ3) is 1.75. The van der Waals surface area contributed by atoms with E-state index < -0.39 is 0 Å². The summed E-state index contributed by atoms with van der Waals surface area (Å²) in [6.45, 7) is 0. The first-order chi connectivity index (χ1) is 6.61. The lowest BCUT2D eigenvalue weighted by Crippen LogP contribution is -2.21. The number of carbonyl (C=O) groups is 1. The molecule has 1 unspecified atom stereocenters. The molecule has 0 saturated carbocycles. The Hall–Kier alpha value is 0.410. The molecule has 0 spiro atoms. The third-order valence-corrected chi connectivity index (χ3v) is 5.22. The van der Waals surface area contributed by atoms with E-state index in [-0.39, 0.29) is 5.78 Å². The average Bonchev–Trinajstić information content (AvgIpc) is 2.17. The average molecular weight is 416 g/mol. The highest BCUT2D eigenvalue weighted by Gasteiger charge is 2.32. The molecule has 4 heteroatoms. The van der Waals surface area contributed by atoms with Gasteiger partial charge in [0.2, 0.25) is 0 Å². The summed E-state index contributed by atoms with van der Waals surface area (Å²) >= 11 is 4.28. The first-order valence-corrected chi connectivity index (χ1v) is 6.78. The van der Waals surface area contributed by atoms with Crippen LogP contribution in [0.25, 0.3) is 0 Å². The summed E-state index contributed by atoms with van der Waals surface area (Å²) in [5.74, 6) is 1.20. The summed E-state index contributed by atoms with van der Waals surface area (Å²) in [5.41, 5.74) is 1.10. The number of fused-ring (bicyclic) bond motifs is 1. The van der Waals surface area contributed by atoms with E-state index in [1.807, 2.05) is 0 Å². The lowest BCUT2D eigenvalue weighted by atomic mass is 9.80. The molecule has 2 aliphatic rings. The maximum absolute atomic E-state index is 11.5. The van der Waals surface area contributed by atoms with Gasteiger partial charge in [-0.25, -0.2) is 0 Å². The summed E-state index contributed by atoms with van der Waals surface area (Å²) in [6, 6.07) is 0. The van der Waals surface area contributed by atoms with Gasteiger partial charge in [-0.2, -0.15) is 0 Å². The minimum Gasteiger partial charge on any atom is -0.511 e. The molecule has 0 aliphatic heterocycles. The van der Waals surface area contributed by atoms with Crippen LogP contribution in [0, 0.1) is 5.92 Å². The highest BCUT2D eigenvalue weighted by molar-refractivity contribution is 14.1. The largest absolute Gasteiger partial charge is 0.511 e. The van der Waals surface area contributed by atoms with E-state index in [1.54, 1.807) is 0 Å². The van der Waals surface area contributed by atoms with Gasteiger partial charge in [0.15, 0.2) is 5.78 Å². The van der Waals surface area contributed by atoms with Crippen LogP contribution in [0.4, 0.5) is 0 Å². The number of aliphatic hydroxyl groups excluding tert-OH is 1. The van der Waals surface area contributed by atoms with Crippen LogP contribution < -0.4 is 0 Å². The minimum atomic E-state index is 0.237. The molecule has 1 N–H and O–H groups in total. The number of ketones is 1. The molecule has 76 valence electrons. The summed E-state index contributed by atoms with van der Waals surface area (Å²) in [4.78, 5) is 11.5.